The van der Waals surface area contributed by atoms with Gasteiger partial charge in [-0.1, -0.05) is 12.1 Å². The summed E-state index contributed by atoms with van der Waals surface area (Å²) in [5, 5.41) is 13.9. The quantitative estimate of drug-likeness (QED) is 0.541. The van der Waals surface area contributed by atoms with Crippen molar-refractivity contribution in [3.63, 3.8) is 0 Å². The minimum absolute atomic E-state index is 0.347. The fourth-order valence-electron chi connectivity index (χ4n) is 3.85. The second-order valence-corrected chi connectivity index (χ2v) is 7.50. The van der Waals surface area contributed by atoms with Crippen molar-refractivity contribution in [2.24, 2.45) is 10.9 Å². The SMILES string of the molecule is CCNC(=NCC(O)c1ccc(OC)cc1)N1CCC(CN2CCOCC2)C1. The van der Waals surface area contributed by atoms with Crippen molar-refractivity contribution >= 4 is 5.96 Å². The number of aliphatic imine (C=N–C) groups is 1. The second-order valence-electron chi connectivity index (χ2n) is 7.50. The Morgan fingerprint density at radius 3 is 2.71 bits per heavy atom. The number of nitrogens with one attached hydrogen (secondary N) is 1. The molecule has 7 heteroatoms. The maximum atomic E-state index is 10.5. The highest BCUT2D eigenvalue weighted by atomic mass is 16.5. The second kappa shape index (κ2) is 10.6. The van der Waals surface area contributed by atoms with E-state index in [4.69, 9.17) is 14.5 Å². The van der Waals surface area contributed by atoms with Crippen LogP contribution < -0.4 is 10.1 Å². The molecule has 2 fully saturated rings. The van der Waals surface area contributed by atoms with E-state index in [0.29, 0.717) is 12.5 Å². The minimum atomic E-state index is -0.619. The Bertz CT molecular complexity index is 617. The average Bonchev–Trinajstić information content (AvgIpc) is 3.20. The molecule has 0 spiro atoms. The summed E-state index contributed by atoms with van der Waals surface area (Å²) < 4.78 is 10.6. The third kappa shape index (κ3) is 5.83. The van der Waals surface area contributed by atoms with Gasteiger partial charge >= 0.3 is 0 Å². The van der Waals surface area contributed by atoms with E-state index >= 15 is 0 Å². The van der Waals surface area contributed by atoms with E-state index in [9.17, 15) is 5.11 Å². The summed E-state index contributed by atoms with van der Waals surface area (Å²) >= 11 is 0. The van der Waals surface area contributed by atoms with Crippen LogP contribution in [0, 0.1) is 5.92 Å². The number of likely N-dealkylation sites (tertiary alicyclic amines) is 1. The molecule has 1 aromatic carbocycles. The van der Waals surface area contributed by atoms with E-state index in [1.165, 1.54) is 6.42 Å². The topological polar surface area (TPSA) is 69.6 Å². The Morgan fingerprint density at radius 2 is 2.04 bits per heavy atom. The Kier molecular flexibility index (Phi) is 7.94. The number of rotatable bonds is 7. The lowest BCUT2D eigenvalue weighted by molar-refractivity contribution is 0.0315. The van der Waals surface area contributed by atoms with Crippen molar-refractivity contribution in [1.29, 1.82) is 0 Å². The zero-order chi connectivity index (χ0) is 19.8. The predicted octanol–water partition coefficient (Wildman–Crippen LogP) is 1.35. The molecule has 2 unspecified atom stereocenters. The molecule has 2 aliphatic rings. The molecule has 3 rings (SSSR count). The van der Waals surface area contributed by atoms with Crippen molar-refractivity contribution in [3.05, 3.63) is 29.8 Å². The van der Waals surface area contributed by atoms with Gasteiger partial charge in [0.2, 0.25) is 0 Å². The number of benzene rings is 1. The number of morpholine rings is 1. The number of hydrogen-bond acceptors (Lipinski definition) is 5. The van der Waals surface area contributed by atoms with Crippen LogP contribution in [0.5, 0.6) is 5.75 Å². The van der Waals surface area contributed by atoms with Crippen molar-refractivity contribution in [2.75, 3.05) is 66.1 Å². The van der Waals surface area contributed by atoms with Crippen LogP contribution in [-0.4, -0.2) is 87.0 Å². The van der Waals surface area contributed by atoms with Crippen LogP contribution in [0.4, 0.5) is 0 Å². The van der Waals surface area contributed by atoms with E-state index in [1.807, 2.05) is 24.3 Å². The lowest BCUT2D eigenvalue weighted by Crippen LogP contribution is -2.42. The first-order chi connectivity index (χ1) is 13.7. The summed E-state index contributed by atoms with van der Waals surface area (Å²) in [6.45, 7) is 10.2. The standard InChI is InChI=1S/C21H34N4O3/c1-3-22-21(23-14-20(26)18-4-6-19(27-2)7-5-18)25-9-8-17(16-25)15-24-10-12-28-13-11-24/h4-7,17,20,26H,3,8-16H2,1-2H3,(H,22,23). The van der Waals surface area contributed by atoms with Gasteiger partial charge in [0.25, 0.3) is 0 Å². The van der Waals surface area contributed by atoms with Gasteiger partial charge in [0.1, 0.15) is 5.75 Å². The minimum Gasteiger partial charge on any atom is -0.497 e. The average molecular weight is 391 g/mol. The van der Waals surface area contributed by atoms with Gasteiger partial charge in [0.05, 0.1) is 33.0 Å². The molecule has 0 saturated carbocycles. The molecule has 1 aromatic rings. The fourth-order valence-corrected chi connectivity index (χ4v) is 3.85. The molecule has 2 atom stereocenters. The van der Waals surface area contributed by atoms with Gasteiger partial charge < -0.3 is 24.8 Å². The molecule has 0 bridgehead atoms. The summed E-state index contributed by atoms with van der Waals surface area (Å²) in [4.78, 5) is 9.55. The molecule has 2 saturated heterocycles. The van der Waals surface area contributed by atoms with Crippen LogP contribution in [0.15, 0.2) is 29.3 Å². The predicted molar refractivity (Wildman–Crippen MR) is 111 cm³/mol. The zero-order valence-electron chi connectivity index (χ0n) is 17.1. The molecule has 7 nitrogen and oxygen atoms in total. The molecule has 28 heavy (non-hydrogen) atoms. The molecular formula is C21H34N4O3. The van der Waals surface area contributed by atoms with Gasteiger partial charge in [-0.15, -0.1) is 0 Å². The molecule has 0 aliphatic carbocycles. The van der Waals surface area contributed by atoms with E-state index in [0.717, 1.165) is 69.8 Å². The zero-order valence-corrected chi connectivity index (χ0v) is 17.1. The summed E-state index contributed by atoms with van der Waals surface area (Å²) in [5.41, 5.74) is 0.854. The highest BCUT2D eigenvalue weighted by molar-refractivity contribution is 5.80. The lowest BCUT2D eigenvalue weighted by Gasteiger charge is -2.29. The number of methoxy groups -OCH3 is 1. The molecule has 156 valence electrons. The maximum absolute atomic E-state index is 10.5. The number of aliphatic hydroxyl groups is 1. The van der Waals surface area contributed by atoms with Crippen LogP contribution in [0.3, 0.4) is 0 Å². The molecule has 0 aromatic heterocycles. The number of nitrogens with zero attached hydrogens (tertiary/aromatic N) is 3. The van der Waals surface area contributed by atoms with E-state index in [-0.39, 0.29) is 0 Å². The summed E-state index contributed by atoms with van der Waals surface area (Å²) in [6.07, 6.45) is 0.564. The van der Waals surface area contributed by atoms with E-state index in [2.05, 4.69) is 22.0 Å². The first kappa shape index (κ1) is 20.9. The molecule has 2 heterocycles. The number of guanidine groups is 1. The Hall–Kier alpha value is -1.83. The van der Waals surface area contributed by atoms with Gasteiger partial charge in [-0.25, -0.2) is 0 Å². The van der Waals surface area contributed by atoms with E-state index in [1.54, 1.807) is 7.11 Å². The van der Waals surface area contributed by atoms with Crippen molar-refractivity contribution in [2.45, 2.75) is 19.4 Å². The molecule has 0 radical (unpaired) electrons. The van der Waals surface area contributed by atoms with Gasteiger partial charge in [-0.2, -0.15) is 0 Å². The van der Waals surface area contributed by atoms with Crippen LogP contribution in [0.25, 0.3) is 0 Å². The normalized spacial score (nSPS) is 22.3. The van der Waals surface area contributed by atoms with Gasteiger partial charge in [-0.05, 0) is 37.0 Å². The maximum Gasteiger partial charge on any atom is 0.194 e. The van der Waals surface area contributed by atoms with Crippen LogP contribution >= 0.6 is 0 Å². The third-order valence-corrected chi connectivity index (χ3v) is 5.45. The molecule has 2 aliphatic heterocycles. The van der Waals surface area contributed by atoms with Crippen molar-refractivity contribution < 1.29 is 14.6 Å². The molecule has 0 amide bonds. The fraction of sp³-hybridized carbons (Fsp3) is 0.667. The Labute approximate surface area is 168 Å². The van der Waals surface area contributed by atoms with Crippen LogP contribution in [0.2, 0.25) is 0 Å². The summed E-state index contributed by atoms with van der Waals surface area (Å²) in [7, 11) is 1.64. The number of hydrogen-bond donors (Lipinski definition) is 2. The largest absolute Gasteiger partial charge is 0.497 e. The summed E-state index contributed by atoms with van der Waals surface area (Å²) in [6, 6.07) is 7.51. The highest BCUT2D eigenvalue weighted by Gasteiger charge is 2.27. The Morgan fingerprint density at radius 1 is 1.29 bits per heavy atom. The number of ether oxygens (including phenoxy) is 2. The molecular weight excluding hydrogens is 356 g/mol. The Balaban J connectivity index is 1.54. The first-order valence-corrected chi connectivity index (χ1v) is 10.3. The lowest BCUT2D eigenvalue weighted by atomic mass is 10.1. The van der Waals surface area contributed by atoms with Crippen molar-refractivity contribution in [3.8, 4) is 5.75 Å². The van der Waals surface area contributed by atoms with Crippen LogP contribution in [0.1, 0.15) is 25.0 Å². The monoisotopic (exact) mass is 390 g/mol. The van der Waals surface area contributed by atoms with Gasteiger partial charge in [0, 0.05) is 39.3 Å². The summed E-state index contributed by atoms with van der Waals surface area (Å²) in [5.74, 6) is 2.35. The highest BCUT2D eigenvalue weighted by Crippen LogP contribution is 2.20. The van der Waals surface area contributed by atoms with Crippen LogP contribution in [-0.2, 0) is 4.74 Å². The smallest absolute Gasteiger partial charge is 0.194 e. The van der Waals surface area contributed by atoms with Gasteiger partial charge in [-0.3, -0.25) is 9.89 Å². The molecule has 2 N–H and O–H groups in total. The van der Waals surface area contributed by atoms with Gasteiger partial charge in [0.15, 0.2) is 5.96 Å². The van der Waals surface area contributed by atoms with E-state index < -0.39 is 6.10 Å². The third-order valence-electron chi connectivity index (χ3n) is 5.45. The first-order valence-electron chi connectivity index (χ1n) is 10.3. The van der Waals surface area contributed by atoms with Crippen molar-refractivity contribution in [1.82, 2.24) is 15.1 Å². The number of aliphatic hydroxyl groups excluding tert-OH is 1.